The number of carbonyl (C=O) groups excluding carboxylic acids is 3. The highest BCUT2D eigenvalue weighted by Crippen LogP contribution is 2.32. The van der Waals surface area contributed by atoms with Crippen molar-refractivity contribution in [1.82, 2.24) is 25.8 Å². The fourth-order valence-electron chi connectivity index (χ4n) is 9.78. The molecule has 1 aromatic heterocycles. The molecule has 5 aromatic rings. The molecular weight excluding hydrogens is 851 g/mol. The fraction of sp³-hybridized carbons (Fsp3) is 0.434. The van der Waals surface area contributed by atoms with Gasteiger partial charge in [0.25, 0.3) is 5.91 Å². The number of piperidine rings is 3. The molecule has 4 heterocycles. The number of phenols is 1. The molecule has 67 heavy (non-hydrogen) atoms. The average Bonchev–Trinajstić information content (AvgIpc) is 3.35. The number of hydrogen-bond donors (Lipinski definition) is 6. The second-order valence-corrected chi connectivity index (χ2v) is 18.3. The molecule has 9 rings (SSSR count). The first-order valence-electron chi connectivity index (χ1n) is 23.9. The molecule has 6 N–H and O–H groups in total. The number of ether oxygens (including phenoxy) is 3. The lowest BCUT2D eigenvalue weighted by molar-refractivity contribution is -0.146. The van der Waals surface area contributed by atoms with Crippen molar-refractivity contribution in [2.45, 2.75) is 95.1 Å². The van der Waals surface area contributed by atoms with E-state index in [4.69, 9.17) is 14.2 Å². The average molecular weight is 914 g/mol. The molecule has 0 radical (unpaired) electrons. The number of aliphatic hydroxyl groups is 1. The van der Waals surface area contributed by atoms with E-state index >= 15 is 0 Å². The van der Waals surface area contributed by atoms with Gasteiger partial charge in [0, 0.05) is 30.1 Å². The lowest BCUT2D eigenvalue weighted by Gasteiger charge is -2.43. The van der Waals surface area contributed by atoms with Crippen molar-refractivity contribution in [1.29, 1.82) is 0 Å². The third-order valence-corrected chi connectivity index (χ3v) is 13.5. The van der Waals surface area contributed by atoms with Gasteiger partial charge in [0.15, 0.2) is 0 Å². The van der Waals surface area contributed by atoms with Crippen molar-refractivity contribution >= 4 is 28.9 Å². The summed E-state index contributed by atoms with van der Waals surface area (Å²) in [6, 6.07) is 29.5. The first-order valence-corrected chi connectivity index (χ1v) is 23.9. The van der Waals surface area contributed by atoms with Gasteiger partial charge in [-0.1, -0.05) is 92.8 Å². The first-order chi connectivity index (χ1) is 32.7. The van der Waals surface area contributed by atoms with E-state index in [-0.39, 0.29) is 48.6 Å². The largest absolute Gasteiger partial charge is 0.506 e. The molecule has 1 aliphatic carbocycles. The summed E-state index contributed by atoms with van der Waals surface area (Å²) in [5, 5.41) is 30.9. The maximum Gasteiger partial charge on any atom is 0.408 e. The third kappa shape index (κ3) is 12.8. The highest BCUT2D eigenvalue weighted by molar-refractivity contribution is 5.96. The minimum Gasteiger partial charge on any atom is -0.506 e. The Kier molecular flexibility index (Phi) is 16.2. The van der Waals surface area contributed by atoms with Crippen molar-refractivity contribution in [2.75, 3.05) is 39.3 Å². The normalized spacial score (nSPS) is 19.5. The Morgan fingerprint density at radius 3 is 2.36 bits per heavy atom. The maximum absolute atomic E-state index is 13.6. The van der Waals surface area contributed by atoms with Gasteiger partial charge in [0.2, 0.25) is 5.56 Å². The predicted octanol–water partition coefficient (Wildman–Crippen LogP) is 7.44. The number of phenolic OH excluding ortho intramolecular Hbond substituents is 1. The number of carbonyl (C=O) groups is 3. The Bertz CT molecular complexity index is 2480. The lowest BCUT2D eigenvalue weighted by Crippen LogP contribution is -2.52. The van der Waals surface area contributed by atoms with Crippen LogP contribution in [0.3, 0.4) is 0 Å². The van der Waals surface area contributed by atoms with Crippen molar-refractivity contribution < 1.29 is 38.8 Å². The molecule has 3 saturated heterocycles. The Labute approximate surface area is 391 Å². The molecule has 14 heteroatoms. The zero-order valence-corrected chi connectivity index (χ0v) is 38.0. The van der Waals surface area contributed by atoms with Gasteiger partial charge < -0.3 is 45.4 Å². The van der Waals surface area contributed by atoms with Gasteiger partial charge >= 0.3 is 12.1 Å². The second kappa shape index (κ2) is 23.0. The minimum atomic E-state index is -0.870. The zero-order chi connectivity index (χ0) is 46.5. The summed E-state index contributed by atoms with van der Waals surface area (Å²) >= 11 is 0. The number of aromatic nitrogens is 1. The second-order valence-electron chi connectivity index (χ2n) is 18.3. The molecule has 2 unspecified atom stereocenters. The number of unbranched alkanes of at least 4 members (excludes halogenated alkanes) is 1. The van der Waals surface area contributed by atoms with Crippen LogP contribution in [-0.2, 0) is 20.9 Å². The standard InChI is InChI=1S/C53H63N5O9/c59-45-22-20-42(43-21-23-48(61)56-50(43)45)46(60)32-54-26-7-8-29-65-52(63)44(30-35-10-3-1-4-11-35)55-51(62)39-18-16-36(17-19-39)34-66-41-15-9-14-40(31-41)49(38-12-5-2-6-13-38)57-53(64)67-47-33-58-27-24-37(47)25-28-58/h2,5-6,9,12-23,31,35,37,44,46-47,49,54,59-60H,1,3-4,7-8,10-11,24-30,32-34H2,(H,55,62)(H,56,61)(H,57,64)/t44?,46-,47-,49?/m0/s1. The number of fused-ring (bicyclic) bond motifs is 4. The van der Waals surface area contributed by atoms with Gasteiger partial charge in [-0.2, -0.15) is 0 Å². The van der Waals surface area contributed by atoms with Crippen LogP contribution in [0, 0.1) is 11.8 Å². The van der Waals surface area contributed by atoms with Crippen LogP contribution < -0.4 is 26.2 Å². The molecular formula is C53H63N5O9. The van der Waals surface area contributed by atoms with Crippen molar-refractivity contribution in [2.24, 2.45) is 11.8 Å². The van der Waals surface area contributed by atoms with Crippen molar-refractivity contribution in [3.63, 3.8) is 0 Å². The number of benzene rings is 4. The number of pyridine rings is 1. The van der Waals surface area contributed by atoms with E-state index in [0.29, 0.717) is 59.9 Å². The van der Waals surface area contributed by atoms with E-state index in [1.165, 1.54) is 18.6 Å². The van der Waals surface area contributed by atoms with Gasteiger partial charge in [0.1, 0.15) is 30.3 Å². The molecule has 4 aliphatic rings. The number of nitrogens with one attached hydrogen (secondary N) is 4. The smallest absolute Gasteiger partial charge is 0.408 e. The Balaban J connectivity index is 0.809. The third-order valence-electron chi connectivity index (χ3n) is 13.5. The number of alkyl carbamates (subject to hydrolysis) is 1. The molecule has 3 aliphatic heterocycles. The van der Waals surface area contributed by atoms with Crippen LogP contribution in [0.1, 0.15) is 109 Å². The summed E-state index contributed by atoms with van der Waals surface area (Å²) in [5.41, 5.74) is 3.59. The van der Waals surface area contributed by atoms with Gasteiger partial charge in [-0.15, -0.1) is 0 Å². The fourth-order valence-corrected chi connectivity index (χ4v) is 9.78. The van der Waals surface area contributed by atoms with E-state index in [1.54, 1.807) is 24.3 Å². The van der Waals surface area contributed by atoms with Crippen LogP contribution in [0.25, 0.3) is 10.9 Å². The highest BCUT2D eigenvalue weighted by atomic mass is 16.6. The Hall–Kier alpha value is -6.22. The molecule has 2 bridgehead atoms. The van der Waals surface area contributed by atoms with E-state index in [9.17, 15) is 29.4 Å². The Morgan fingerprint density at radius 2 is 1.60 bits per heavy atom. The van der Waals surface area contributed by atoms with Crippen LogP contribution in [0.2, 0.25) is 0 Å². The van der Waals surface area contributed by atoms with E-state index < -0.39 is 30.3 Å². The van der Waals surface area contributed by atoms with Gasteiger partial charge in [0.05, 0.1) is 24.3 Å². The number of rotatable bonds is 20. The topological polar surface area (TPSA) is 192 Å². The summed E-state index contributed by atoms with van der Waals surface area (Å²) < 4.78 is 17.9. The number of H-pyrrole nitrogens is 1. The molecule has 14 nitrogen and oxygen atoms in total. The number of esters is 1. The Morgan fingerprint density at radius 1 is 0.821 bits per heavy atom. The zero-order valence-electron chi connectivity index (χ0n) is 38.0. The lowest BCUT2D eigenvalue weighted by atomic mass is 9.84. The molecule has 354 valence electrons. The van der Waals surface area contributed by atoms with Crippen LogP contribution in [-0.4, -0.2) is 89.5 Å². The molecule has 4 aromatic carbocycles. The molecule has 0 spiro atoms. The highest BCUT2D eigenvalue weighted by Gasteiger charge is 2.37. The number of aromatic amines is 1. The van der Waals surface area contributed by atoms with E-state index in [1.807, 2.05) is 66.7 Å². The monoisotopic (exact) mass is 913 g/mol. The summed E-state index contributed by atoms with van der Waals surface area (Å²) in [6.45, 7) is 4.20. The van der Waals surface area contributed by atoms with Crippen molar-refractivity contribution in [3.8, 4) is 11.5 Å². The van der Waals surface area contributed by atoms with Crippen LogP contribution >= 0.6 is 0 Å². The predicted molar refractivity (Wildman–Crippen MR) is 255 cm³/mol. The summed E-state index contributed by atoms with van der Waals surface area (Å²) in [6.07, 6.45) is 7.94. The van der Waals surface area contributed by atoms with Crippen LogP contribution in [0.5, 0.6) is 11.5 Å². The number of nitrogens with zero attached hydrogens (tertiary/aromatic N) is 1. The van der Waals surface area contributed by atoms with E-state index in [0.717, 1.165) is 74.8 Å². The first kappa shape index (κ1) is 47.3. The summed E-state index contributed by atoms with van der Waals surface area (Å²) in [4.78, 5) is 57.1. The maximum atomic E-state index is 13.6. The number of aromatic hydroxyl groups is 1. The molecule has 1 saturated carbocycles. The van der Waals surface area contributed by atoms with Gasteiger partial charge in [-0.3, -0.25) is 14.5 Å². The van der Waals surface area contributed by atoms with Gasteiger partial charge in [-0.05, 0) is 122 Å². The summed E-state index contributed by atoms with van der Waals surface area (Å²) in [5.74, 6) is 0.512. The van der Waals surface area contributed by atoms with Crippen LogP contribution in [0.15, 0.2) is 108 Å². The quantitative estimate of drug-likeness (QED) is 0.0336. The number of amides is 2. The van der Waals surface area contributed by atoms with E-state index in [2.05, 4.69) is 25.8 Å². The minimum absolute atomic E-state index is 0.0640. The van der Waals surface area contributed by atoms with Crippen LogP contribution in [0.4, 0.5) is 4.79 Å². The van der Waals surface area contributed by atoms with Crippen molar-refractivity contribution in [3.05, 3.63) is 141 Å². The molecule has 4 atom stereocenters. The molecule has 4 fully saturated rings. The number of aliphatic hydroxyl groups excluding tert-OH is 1. The van der Waals surface area contributed by atoms with Gasteiger partial charge in [-0.25, -0.2) is 9.59 Å². The molecule has 2 amide bonds. The number of hydrogen-bond acceptors (Lipinski definition) is 11. The summed E-state index contributed by atoms with van der Waals surface area (Å²) in [7, 11) is 0. The SMILES string of the molecule is O=C(NC(c1ccccc1)c1cccc(OCc2ccc(C(=O)NC(CC3CCCCC3)C(=O)OCCCCNC[C@H](O)c3ccc(O)c4[nH]c(=O)ccc34)cc2)c1)O[C@H]1CN2CCC1CC2.